The van der Waals surface area contributed by atoms with Gasteiger partial charge in [-0.15, -0.1) is 11.3 Å². The highest BCUT2D eigenvalue weighted by Crippen LogP contribution is 2.28. The molecule has 0 aliphatic heterocycles. The second kappa shape index (κ2) is 8.22. The van der Waals surface area contributed by atoms with Crippen LogP contribution in [0.1, 0.15) is 20.8 Å². The number of carbonyl (C=O) groups excluding carboxylic acids is 2. The van der Waals surface area contributed by atoms with E-state index in [0.29, 0.717) is 5.13 Å². The zero-order valence-electron chi connectivity index (χ0n) is 15.8. The van der Waals surface area contributed by atoms with Gasteiger partial charge < -0.3 is 15.4 Å². The molecule has 0 aliphatic rings. The number of hydrogen-bond donors (Lipinski definition) is 3. The van der Waals surface area contributed by atoms with Gasteiger partial charge in [-0.2, -0.15) is 5.10 Å². The second-order valence-corrected chi connectivity index (χ2v) is 7.87. The molecule has 2 amide bonds. The maximum Gasteiger partial charge on any atom is 0.408 e. The predicted octanol–water partition coefficient (Wildman–Crippen LogP) is 3.66. The number of ether oxygens (including phenoxy) is 1. The maximum atomic E-state index is 12.0. The molecule has 9 heteroatoms. The van der Waals surface area contributed by atoms with Crippen molar-refractivity contribution in [1.82, 2.24) is 20.5 Å². The molecule has 0 saturated heterocycles. The van der Waals surface area contributed by atoms with E-state index in [4.69, 9.17) is 4.74 Å². The van der Waals surface area contributed by atoms with Crippen LogP contribution in [-0.2, 0) is 9.53 Å². The van der Waals surface area contributed by atoms with Gasteiger partial charge in [-0.3, -0.25) is 9.89 Å². The molecule has 3 N–H and O–H groups in total. The van der Waals surface area contributed by atoms with Crippen LogP contribution in [0.5, 0.6) is 0 Å². The molecule has 3 aromatic rings. The van der Waals surface area contributed by atoms with Crippen molar-refractivity contribution in [2.45, 2.75) is 26.4 Å². The first-order chi connectivity index (χ1) is 13.3. The minimum Gasteiger partial charge on any atom is -0.444 e. The van der Waals surface area contributed by atoms with Crippen molar-refractivity contribution in [2.75, 3.05) is 11.9 Å². The van der Waals surface area contributed by atoms with Crippen LogP contribution in [0.25, 0.3) is 22.4 Å². The molecular formula is C19H21N5O3S. The fourth-order valence-electron chi connectivity index (χ4n) is 2.36. The Labute approximate surface area is 166 Å². The molecular weight excluding hydrogens is 378 g/mol. The van der Waals surface area contributed by atoms with E-state index in [0.717, 1.165) is 22.4 Å². The fraction of sp³-hybridized carbons (Fsp3) is 0.263. The van der Waals surface area contributed by atoms with Crippen LogP contribution in [-0.4, -0.2) is 39.3 Å². The molecule has 146 valence electrons. The normalized spacial score (nSPS) is 11.1. The predicted molar refractivity (Wildman–Crippen MR) is 108 cm³/mol. The van der Waals surface area contributed by atoms with Gasteiger partial charge in [-0.05, 0) is 32.4 Å². The van der Waals surface area contributed by atoms with Crippen molar-refractivity contribution in [3.8, 4) is 22.4 Å². The summed E-state index contributed by atoms with van der Waals surface area (Å²) in [4.78, 5) is 28.1. The van der Waals surface area contributed by atoms with E-state index in [1.54, 1.807) is 27.0 Å². The number of aromatic nitrogens is 3. The van der Waals surface area contributed by atoms with Crippen LogP contribution in [0.2, 0.25) is 0 Å². The lowest BCUT2D eigenvalue weighted by atomic mass is 10.1. The van der Waals surface area contributed by atoms with E-state index in [9.17, 15) is 9.59 Å². The molecule has 0 bridgehead atoms. The smallest absolute Gasteiger partial charge is 0.408 e. The van der Waals surface area contributed by atoms with Crippen LogP contribution >= 0.6 is 11.3 Å². The number of anilines is 1. The van der Waals surface area contributed by atoms with Gasteiger partial charge in [-0.25, -0.2) is 9.78 Å². The molecule has 1 aromatic carbocycles. The molecule has 0 unspecified atom stereocenters. The van der Waals surface area contributed by atoms with E-state index in [1.807, 2.05) is 35.8 Å². The summed E-state index contributed by atoms with van der Waals surface area (Å²) in [6.07, 6.45) is 2.94. The zero-order chi connectivity index (χ0) is 20.1. The van der Waals surface area contributed by atoms with Gasteiger partial charge in [0.05, 0.1) is 11.9 Å². The third kappa shape index (κ3) is 5.40. The van der Waals surface area contributed by atoms with Gasteiger partial charge in [-0.1, -0.05) is 18.2 Å². The summed E-state index contributed by atoms with van der Waals surface area (Å²) in [5, 5.41) is 14.2. The first-order valence-corrected chi connectivity index (χ1v) is 9.50. The van der Waals surface area contributed by atoms with Gasteiger partial charge in [0.1, 0.15) is 12.1 Å². The highest BCUT2D eigenvalue weighted by Gasteiger charge is 2.17. The molecule has 8 nitrogen and oxygen atoms in total. The number of aromatic amines is 1. The fourth-order valence-corrected chi connectivity index (χ4v) is 3.10. The van der Waals surface area contributed by atoms with Crippen molar-refractivity contribution in [3.05, 3.63) is 42.0 Å². The Hall–Kier alpha value is -3.20. The van der Waals surface area contributed by atoms with Gasteiger partial charge >= 0.3 is 6.09 Å². The SMILES string of the molecule is CC(C)(C)OC(=O)NCC(=O)Nc1nc(-c2cccc(-c3cn[nH]c3)c2)cs1. The Balaban J connectivity index is 1.59. The summed E-state index contributed by atoms with van der Waals surface area (Å²) in [7, 11) is 0. The lowest BCUT2D eigenvalue weighted by molar-refractivity contribution is -0.115. The highest BCUT2D eigenvalue weighted by atomic mass is 32.1. The zero-order valence-corrected chi connectivity index (χ0v) is 16.6. The molecule has 0 aliphatic carbocycles. The molecule has 0 radical (unpaired) electrons. The number of benzene rings is 1. The minimum atomic E-state index is -0.640. The van der Waals surface area contributed by atoms with E-state index >= 15 is 0 Å². The average Bonchev–Trinajstić information content (AvgIpc) is 3.31. The first-order valence-electron chi connectivity index (χ1n) is 8.62. The van der Waals surface area contributed by atoms with Gasteiger partial charge in [0.15, 0.2) is 5.13 Å². The Kier molecular flexibility index (Phi) is 5.74. The Morgan fingerprint density at radius 2 is 2.00 bits per heavy atom. The van der Waals surface area contributed by atoms with Gasteiger partial charge in [0, 0.05) is 22.7 Å². The molecule has 2 aromatic heterocycles. The van der Waals surface area contributed by atoms with Crippen molar-refractivity contribution >= 4 is 28.5 Å². The lowest BCUT2D eigenvalue weighted by Gasteiger charge is -2.19. The molecule has 3 rings (SSSR count). The summed E-state index contributed by atoms with van der Waals surface area (Å²) in [5.41, 5.74) is 3.08. The van der Waals surface area contributed by atoms with Crippen LogP contribution in [0.3, 0.4) is 0 Å². The van der Waals surface area contributed by atoms with Crippen LogP contribution in [0.4, 0.5) is 9.93 Å². The summed E-state index contributed by atoms with van der Waals surface area (Å²) in [6, 6.07) is 7.90. The number of amides is 2. The molecule has 0 saturated carbocycles. The van der Waals surface area contributed by atoms with E-state index in [2.05, 4.69) is 25.8 Å². The molecule has 0 atom stereocenters. The summed E-state index contributed by atoms with van der Waals surface area (Å²) >= 11 is 1.31. The molecule has 0 spiro atoms. The van der Waals surface area contributed by atoms with Gasteiger partial charge in [0.2, 0.25) is 5.91 Å². The number of carbonyl (C=O) groups is 2. The lowest BCUT2D eigenvalue weighted by Crippen LogP contribution is -2.37. The second-order valence-electron chi connectivity index (χ2n) is 7.01. The maximum absolute atomic E-state index is 12.0. The van der Waals surface area contributed by atoms with E-state index < -0.39 is 11.7 Å². The first kappa shape index (κ1) is 19.6. The van der Waals surface area contributed by atoms with Crippen LogP contribution in [0, 0.1) is 0 Å². The van der Waals surface area contributed by atoms with Gasteiger partial charge in [0.25, 0.3) is 0 Å². The molecule has 2 heterocycles. The van der Waals surface area contributed by atoms with Crippen molar-refractivity contribution in [3.63, 3.8) is 0 Å². The monoisotopic (exact) mass is 399 g/mol. The van der Waals surface area contributed by atoms with Crippen LogP contribution in [0.15, 0.2) is 42.0 Å². The topological polar surface area (TPSA) is 109 Å². The Morgan fingerprint density at radius 3 is 2.71 bits per heavy atom. The highest BCUT2D eigenvalue weighted by molar-refractivity contribution is 7.14. The third-order valence-corrected chi connectivity index (χ3v) is 4.29. The number of rotatable bonds is 5. The van der Waals surface area contributed by atoms with Crippen LogP contribution < -0.4 is 10.6 Å². The summed E-state index contributed by atoms with van der Waals surface area (Å²) in [6.45, 7) is 5.07. The number of nitrogens with one attached hydrogen (secondary N) is 3. The standard InChI is InChI=1S/C19H21N5O3S/c1-19(2,3)27-18(26)20-10-16(25)24-17-23-15(11-28-17)13-6-4-5-12(7-13)14-8-21-22-9-14/h4-9,11H,10H2,1-3H3,(H,20,26)(H,21,22)(H,23,24,25). The number of thiazole rings is 1. The average molecular weight is 399 g/mol. The van der Waals surface area contributed by atoms with E-state index in [1.165, 1.54) is 11.3 Å². The third-order valence-electron chi connectivity index (χ3n) is 3.53. The number of alkyl carbamates (subject to hydrolysis) is 1. The number of hydrogen-bond acceptors (Lipinski definition) is 6. The Bertz CT molecular complexity index is 960. The molecule has 28 heavy (non-hydrogen) atoms. The number of nitrogens with zero attached hydrogens (tertiary/aromatic N) is 2. The van der Waals surface area contributed by atoms with Crippen molar-refractivity contribution in [1.29, 1.82) is 0 Å². The van der Waals surface area contributed by atoms with Crippen molar-refractivity contribution in [2.24, 2.45) is 0 Å². The van der Waals surface area contributed by atoms with Crippen molar-refractivity contribution < 1.29 is 14.3 Å². The number of H-pyrrole nitrogens is 1. The Morgan fingerprint density at radius 1 is 1.21 bits per heavy atom. The quantitative estimate of drug-likeness (QED) is 0.607. The van der Waals surface area contributed by atoms with E-state index in [-0.39, 0.29) is 12.5 Å². The largest absolute Gasteiger partial charge is 0.444 e. The summed E-state index contributed by atoms with van der Waals surface area (Å²) < 4.78 is 5.09. The summed E-state index contributed by atoms with van der Waals surface area (Å²) in [5.74, 6) is -0.376. The minimum absolute atomic E-state index is 0.195. The molecule has 0 fully saturated rings.